The van der Waals surface area contributed by atoms with Crippen LogP contribution in [0.1, 0.15) is 13.3 Å². The van der Waals surface area contributed by atoms with Crippen molar-refractivity contribution < 1.29 is 19.0 Å². The van der Waals surface area contributed by atoms with Gasteiger partial charge in [-0.3, -0.25) is 4.79 Å². The molecule has 0 unspecified atom stereocenters. The summed E-state index contributed by atoms with van der Waals surface area (Å²) < 4.78 is 15.6. The Hall–Kier alpha value is -0.0300. The Bertz CT molecular complexity index is 224. The minimum atomic E-state index is -0.590. The van der Waals surface area contributed by atoms with Gasteiger partial charge in [0, 0.05) is 20.5 Å². The Labute approximate surface area is 98.8 Å². The second-order valence-corrected chi connectivity index (χ2v) is 4.20. The Morgan fingerprint density at radius 3 is 2.73 bits per heavy atom. The van der Waals surface area contributed by atoms with Gasteiger partial charge in [0.25, 0.3) is 0 Å². The van der Waals surface area contributed by atoms with E-state index in [0.29, 0.717) is 12.3 Å². The zero-order valence-corrected chi connectivity index (χ0v) is 10.1. The van der Waals surface area contributed by atoms with Gasteiger partial charge in [-0.2, -0.15) is 0 Å². The molecule has 1 fully saturated rings. The average molecular weight is 257 g/mol. The van der Waals surface area contributed by atoms with Crippen molar-refractivity contribution in [2.45, 2.75) is 37.2 Å². The lowest BCUT2D eigenvalue weighted by Crippen LogP contribution is -2.48. The molecule has 0 N–H and O–H groups in total. The van der Waals surface area contributed by atoms with Crippen LogP contribution in [0.15, 0.2) is 0 Å². The second kappa shape index (κ2) is 5.89. The largest absolute Gasteiger partial charge is 0.457 e. The number of halogens is 2. The van der Waals surface area contributed by atoms with Crippen LogP contribution in [-0.2, 0) is 19.0 Å². The molecule has 1 heterocycles. The van der Waals surface area contributed by atoms with E-state index in [1.54, 1.807) is 0 Å². The van der Waals surface area contributed by atoms with E-state index in [2.05, 4.69) is 0 Å². The van der Waals surface area contributed by atoms with Crippen LogP contribution in [0.25, 0.3) is 0 Å². The van der Waals surface area contributed by atoms with Crippen molar-refractivity contribution >= 4 is 29.2 Å². The average Bonchev–Trinajstić information content (AvgIpc) is 2.17. The lowest BCUT2D eigenvalue weighted by atomic mass is 10.1. The van der Waals surface area contributed by atoms with Crippen molar-refractivity contribution in [1.29, 1.82) is 0 Å². The molecular formula is C9H14Cl2O4. The predicted molar refractivity (Wildman–Crippen MR) is 56.2 cm³/mol. The molecule has 4 nitrogen and oxygen atoms in total. The molecule has 1 aliphatic heterocycles. The van der Waals surface area contributed by atoms with Crippen molar-refractivity contribution in [2.24, 2.45) is 0 Å². The van der Waals surface area contributed by atoms with Crippen LogP contribution in [-0.4, -0.2) is 42.8 Å². The van der Waals surface area contributed by atoms with E-state index in [0.717, 1.165) is 0 Å². The van der Waals surface area contributed by atoms with Crippen LogP contribution in [0.3, 0.4) is 0 Å². The summed E-state index contributed by atoms with van der Waals surface area (Å²) in [5.41, 5.74) is 0. The third-order valence-electron chi connectivity index (χ3n) is 2.18. The van der Waals surface area contributed by atoms with E-state index < -0.39 is 12.4 Å². The Balaban J connectivity index is 2.60. The standard InChI is InChI=1S/C9H14Cl2O4/c1-5(12)14-7-3-6(11)8(4-10)15-9(7)13-2/h6-9H,3-4H2,1-2H3/t6-,7-,8+,9+/m1/s1. The van der Waals surface area contributed by atoms with Crippen LogP contribution in [0, 0.1) is 0 Å². The van der Waals surface area contributed by atoms with Gasteiger partial charge in [0.1, 0.15) is 0 Å². The molecule has 0 aliphatic carbocycles. The molecule has 1 rings (SSSR count). The minimum Gasteiger partial charge on any atom is -0.457 e. The lowest BCUT2D eigenvalue weighted by Gasteiger charge is -2.36. The predicted octanol–water partition coefficient (Wildman–Crippen LogP) is 1.53. The van der Waals surface area contributed by atoms with Crippen LogP contribution in [0.2, 0.25) is 0 Å². The fraction of sp³-hybridized carbons (Fsp3) is 0.889. The van der Waals surface area contributed by atoms with Crippen molar-refractivity contribution in [3.05, 3.63) is 0 Å². The molecule has 1 saturated heterocycles. The molecule has 0 radical (unpaired) electrons. The van der Waals surface area contributed by atoms with Gasteiger partial charge in [0.15, 0.2) is 12.4 Å². The Morgan fingerprint density at radius 1 is 1.60 bits per heavy atom. The third kappa shape index (κ3) is 3.48. The highest BCUT2D eigenvalue weighted by molar-refractivity contribution is 6.23. The molecule has 0 aromatic heterocycles. The van der Waals surface area contributed by atoms with Gasteiger partial charge in [-0.05, 0) is 0 Å². The molecule has 88 valence electrons. The summed E-state index contributed by atoms with van der Waals surface area (Å²) in [6.45, 7) is 1.34. The second-order valence-electron chi connectivity index (χ2n) is 3.33. The number of methoxy groups -OCH3 is 1. The first-order valence-corrected chi connectivity index (χ1v) is 5.61. The molecule has 0 aromatic rings. The zero-order chi connectivity index (χ0) is 11.4. The first kappa shape index (κ1) is 13.0. The number of carbonyl (C=O) groups excluding carboxylic acids is 1. The SMILES string of the molecule is CO[C@H]1O[C@@H](CCl)[C@H](Cl)C[C@H]1OC(C)=O. The molecule has 4 atom stereocenters. The van der Waals surface area contributed by atoms with E-state index in [1.165, 1.54) is 14.0 Å². The monoisotopic (exact) mass is 256 g/mol. The number of rotatable bonds is 3. The molecule has 6 heteroatoms. The van der Waals surface area contributed by atoms with E-state index in [4.69, 9.17) is 37.4 Å². The van der Waals surface area contributed by atoms with E-state index in [-0.39, 0.29) is 17.5 Å². The molecule has 15 heavy (non-hydrogen) atoms. The van der Waals surface area contributed by atoms with E-state index in [9.17, 15) is 4.79 Å². The number of alkyl halides is 2. The highest BCUT2D eigenvalue weighted by Gasteiger charge is 2.38. The smallest absolute Gasteiger partial charge is 0.303 e. The van der Waals surface area contributed by atoms with Crippen LogP contribution < -0.4 is 0 Å². The van der Waals surface area contributed by atoms with Gasteiger partial charge in [0.2, 0.25) is 0 Å². The van der Waals surface area contributed by atoms with Gasteiger partial charge in [0.05, 0.1) is 17.4 Å². The van der Waals surface area contributed by atoms with Gasteiger partial charge < -0.3 is 14.2 Å². The fourth-order valence-electron chi connectivity index (χ4n) is 1.49. The van der Waals surface area contributed by atoms with Crippen LogP contribution in [0.5, 0.6) is 0 Å². The van der Waals surface area contributed by atoms with Crippen molar-refractivity contribution in [3.63, 3.8) is 0 Å². The zero-order valence-electron chi connectivity index (χ0n) is 8.61. The topological polar surface area (TPSA) is 44.8 Å². The van der Waals surface area contributed by atoms with Crippen molar-refractivity contribution in [3.8, 4) is 0 Å². The molecule has 1 aliphatic rings. The molecule has 0 saturated carbocycles. The van der Waals surface area contributed by atoms with E-state index >= 15 is 0 Å². The summed E-state index contributed by atoms with van der Waals surface area (Å²) in [5, 5.41) is -0.266. The molecule has 0 amide bonds. The van der Waals surface area contributed by atoms with E-state index in [1.807, 2.05) is 0 Å². The van der Waals surface area contributed by atoms with Gasteiger partial charge in [-0.1, -0.05) is 0 Å². The van der Waals surface area contributed by atoms with Crippen molar-refractivity contribution in [2.75, 3.05) is 13.0 Å². The first-order chi connectivity index (χ1) is 7.08. The Morgan fingerprint density at radius 2 is 2.27 bits per heavy atom. The lowest BCUT2D eigenvalue weighted by molar-refractivity contribution is -0.232. The highest BCUT2D eigenvalue weighted by Crippen LogP contribution is 2.27. The number of esters is 1. The summed E-state index contributed by atoms with van der Waals surface area (Å²) in [6.07, 6.45) is -0.843. The summed E-state index contributed by atoms with van der Waals surface area (Å²) in [5.74, 6) is -0.0836. The summed E-state index contributed by atoms with van der Waals surface area (Å²) in [7, 11) is 1.49. The van der Waals surface area contributed by atoms with Gasteiger partial charge >= 0.3 is 5.97 Å². The summed E-state index contributed by atoms with van der Waals surface area (Å²) in [6, 6.07) is 0. The van der Waals surface area contributed by atoms with Gasteiger partial charge in [-0.25, -0.2) is 0 Å². The summed E-state index contributed by atoms with van der Waals surface area (Å²) in [4.78, 5) is 10.8. The maximum absolute atomic E-state index is 10.8. The van der Waals surface area contributed by atoms with Gasteiger partial charge in [-0.15, -0.1) is 23.2 Å². The molecule has 0 bridgehead atoms. The van der Waals surface area contributed by atoms with Crippen LogP contribution in [0.4, 0.5) is 0 Å². The summed E-state index contributed by atoms with van der Waals surface area (Å²) >= 11 is 11.7. The minimum absolute atomic E-state index is 0.266. The maximum atomic E-state index is 10.8. The maximum Gasteiger partial charge on any atom is 0.303 e. The fourth-order valence-corrected chi connectivity index (χ4v) is 2.19. The van der Waals surface area contributed by atoms with Crippen molar-refractivity contribution in [1.82, 2.24) is 0 Å². The Kier molecular flexibility index (Phi) is 5.12. The number of hydrogen-bond donors (Lipinski definition) is 0. The normalized spacial score (nSPS) is 36.3. The molecular weight excluding hydrogens is 243 g/mol. The third-order valence-corrected chi connectivity index (χ3v) is 2.94. The first-order valence-electron chi connectivity index (χ1n) is 4.64. The number of carbonyl (C=O) groups is 1. The number of ether oxygens (including phenoxy) is 3. The van der Waals surface area contributed by atoms with Crippen LogP contribution >= 0.6 is 23.2 Å². The number of hydrogen-bond acceptors (Lipinski definition) is 4. The quantitative estimate of drug-likeness (QED) is 0.568. The molecule has 0 spiro atoms. The highest BCUT2D eigenvalue weighted by atomic mass is 35.5. The molecule has 0 aromatic carbocycles.